The molecule has 0 saturated carbocycles. The fourth-order valence-corrected chi connectivity index (χ4v) is 3.12. The van der Waals surface area contributed by atoms with Gasteiger partial charge in [0.05, 0.1) is 6.04 Å². The van der Waals surface area contributed by atoms with Gasteiger partial charge >= 0.3 is 0 Å². The zero-order valence-corrected chi connectivity index (χ0v) is 12.7. The highest BCUT2D eigenvalue weighted by atomic mass is 19.1. The molecule has 1 aliphatic heterocycles. The molecule has 1 atom stereocenters. The van der Waals surface area contributed by atoms with E-state index in [1.807, 2.05) is 13.0 Å². The number of hydrogen-bond donors (Lipinski definition) is 0. The van der Waals surface area contributed by atoms with Crippen LogP contribution in [0.4, 0.5) is 8.78 Å². The maximum Gasteiger partial charge on any atom is 0.133 e. The fraction of sp³-hybridized carbons (Fsp3) is 0.471. The van der Waals surface area contributed by atoms with Crippen molar-refractivity contribution in [1.82, 2.24) is 10.1 Å². The van der Waals surface area contributed by atoms with Gasteiger partial charge in [-0.25, -0.2) is 8.78 Å². The van der Waals surface area contributed by atoms with Crippen molar-refractivity contribution in [3.8, 4) is 0 Å². The lowest BCUT2D eigenvalue weighted by atomic mass is 10.1. The highest BCUT2D eigenvalue weighted by Gasteiger charge is 2.26. The molecular formula is C17H20F2N2O. The van der Waals surface area contributed by atoms with Gasteiger partial charge in [-0.1, -0.05) is 24.1 Å². The van der Waals surface area contributed by atoms with Crippen LogP contribution in [0.15, 0.2) is 28.8 Å². The van der Waals surface area contributed by atoms with Gasteiger partial charge in [0.25, 0.3) is 0 Å². The van der Waals surface area contributed by atoms with Crippen molar-refractivity contribution in [2.75, 3.05) is 6.54 Å². The number of aryl methyl sites for hydroxylation is 1. The second-order valence-corrected chi connectivity index (χ2v) is 5.90. The van der Waals surface area contributed by atoms with E-state index in [1.54, 1.807) is 0 Å². The number of halogens is 2. The largest absolute Gasteiger partial charge is 0.361 e. The van der Waals surface area contributed by atoms with E-state index >= 15 is 0 Å². The molecule has 2 heterocycles. The van der Waals surface area contributed by atoms with E-state index in [-0.39, 0.29) is 18.2 Å². The van der Waals surface area contributed by atoms with Gasteiger partial charge in [-0.3, -0.25) is 4.90 Å². The standard InChI is InChI=1S/C17H20F2N2O/c1-12-10-16(20-22-12)17-8-3-2-4-9-21(17)11-13-14(18)6-5-7-15(13)19/h5-7,10,17H,2-4,8-9,11H2,1H3/t17-/m0/s1. The Morgan fingerprint density at radius 3 is 2.68 bits per heavy atom. The Kier molecular flexibility index (Phi) is 4.52. The van der Waals surface area contributed by atoms with Crippen LogP contribution in [0.25, 0.3) is 0 Å². The van der Waals surface area contributed by atoms with Crippen LogP contribution in [0.3, 0.4) is 0 Å². The number of aromatic nitrogens is 1. The van der Waals surface area contributed by atoms with E-state index in [1.165, 1.54) is 18.2 Å². The van der Waals surface area contributed by atoms with Crippen molar-refractivity contribution in [2.24, 2.45) is 0 Å². The summed E-state index contributed by atoms with van der Waals surface area (Å²) in [7, 11) is 0. The predicted molar refractivity (Wildman–Crippen MR) is 79.2 cm³/mol. The highest BCUT2D eigenvalue weighted by molar-refractivity contribution is 5.20. The van der Waals surface area contributed by atoms with Gasteiger partial charge in [-0.2, -0.15) is 0 Å². The predicted octanol–water partition coefficient (Wildman–Crippen LogP) is 4.38. The van der Waals surface area contributed by atoms with Crippen LogP contribution in [0.5, 0.6) is 0 Å². The molecular weight excluding hydrogens is 286 g/mol. The smallest absolute Gasteiger partial charge is 0.133 e. The van der Waals surface area contributed by atoms with Gasteiger partial charge in [0.2, 0.25) is 0 Å². The third kappa shape index (κ3) is 3.19. The molecule has 1 fully saturated rings. The molecule has 0 amide bonds. The SMILES string of the molecule is Cc1cc([C@@H]2CCCCCN2Cc2c(F)cccc2F)no1. The Morgan fingerprint density at radius 2 is 2.00 bits per heavy atom. The van der Waals surface area contributed by atoms with Crippen molar-refractivity contribution in [1.29, 1.82) is 0 Å². The normalized spacial score (nSPS) is 20.0. The second kappa shape index (κ2) is 6.57. The molecule has 1 saturated heterocycles. The molecule has 0 aliphatic carbocycles. The Hall–Kier alpha value is -1.75. The van der Waals surface area contributed by atoms with E-state index in [9.17, 15) is 8.78 Å². The molecule has 1 aromatic carbocycles. The maximum atomic E-state index is 13.9. The molecule has 5 heteroatoms. The van der Waals surface area contributed by atoms with Crippen LogP contribution < -0.4 is 0 Å². The van der Waals surface area contributed by atoms with Gasteiger partial charge in [-0.15, -0.1) is 0 Å². The summed E-state index contributed by atoms with van der Waals surface area (Å²) in [6.07, 6.45) is 4.18. The van der Waals surface area contributed by atoms with Gasteiger partial charge in [-0.05, 0) is 38.4 Å². The van der Waals surface area contributed by atoms with Crippen LogP contribution in [0.2, 0.25) is 0 Å². The monoisotopic (exact) mass is 306 g/mol. The first-order valence-corrected chi connectivity index (χ1v) is 7.75. The topological polar surface area (TPSA) is 29.3 Å². The van der Waals surface area contributed by atoms with E-state index in [0.29, 0.717) is 0 Å². The molecule has 0 bridgehead atoms. The Bertz CT molecular complexity index is 621. The first kappa shape index (κ1) is 15.2. The Labute approximate surface area is 128 Å². The number of nitrogens with zero attached hydrogens (tertiary/aromatic N) is 2. The van der Waals surface area contributed by atoms with Gasteiger partial charge in [0, 0.05) is 18.2 Å². The van der Waals surface area contributed by atoms with Gasteiger partial charge in [0.1, 0.15) is 23.1 Å². The zero-order chi connectivity index (χ0) is 15.5. The first-order chi connectivity index (χ1) is 10.6. The zero-order valence-electron chi connectivity index (χ0n) is 12.7. The Balaban J connectivity index is 1.87. The molecule has 0 N–H and O–H groups in total. The summed E-state index contributed by atoms with van der Waals surface area (Å²) in [5.41, 5.74) is 0.991. The van der Waals surface area contributed by atoms with Crippen LogP contribution in [0, 0.1) is 18.6 Å². The molecule has 3 nitrogen and oxygen atoms in total. The Morgan fingerprint density at radius 1 is 1.23 bits per heavy atom. The molecule has 0 spiro atoms. The summed E-state index contributed by atoms with van der Waals surface area (Å²) in [5, 5.41) is 4.11. The quantitative estimate of drug-likeness (QED) is 0.843. The third-order valence-corrected chi connectivity index (χ3v) is 4.27. The lowest BCUT2D eigenvalue weighted by Gasteiger charge is -2.28. The summed E-state index contributed by atoms with van der Waals surface area (Å²) < 4.78 is 33.1. The number of benzene rings is 1. The summed E-state index contributed by atoms with van der Waals surface area (Å²) in [6, 6.07) is 5.99. The average molecular weight is 306 g/mol. The minimum absolute atomic E-state index is 0.0546. The number of rotatable bonds is 3. The van der Waals surface area contributed by atoms with Crippen molar-refractivity contribution in [2.45, 2.75) is 45.2 Å². The van der Waals surface area contributed by atoms with E-state index in [4.69, 9.17) is 4.52 Å². The van der Waals surface area contributed by atoms with Crippen LogP contribution in [0.1, 0.15) is 48.7 Å². The molecule has 22 heavy (non-hydrogen) atoms. The lowest BCUT2D eigenvalue weighted by Crippen LogP contribution is -2.29. The summed E-state index contributed by atoms with van der Waals surface area (Å²) >= 11 is 0. The van der Waals surface area contributed by atoms with Crippen LogP contribution in [-0.2, 0) is 6.54 Å². The summed E-state index contributed by atoms with van der Waals surface area (Å²) in [5.74, 6) is -0.213. The minimum Gasteiger partial charge on any atom is -0.361 e. The van der Waals surface area contributed by atoms with Crippen molar-refractivity contribution in [3.05, 3.63) is 52.9 Å². The molecule has 1 aromatic heterocycles. The van der Waals surface area contributed by atoms with E-state index in [0.717, 1.165) is 43.7 Å². The van der Waals surface area contributed by atoms with Crippen LogP contribution >= 0.6 is 0 Å². The van der Waals surface area contributed by atoms with Gasteiger partial charge in [0.15, 0.2) is 0 Å². The molecule has 2 aromatic rings. The number of likely N-dealkylation sites (tertiary alicyclic amines) is 1. The molecule has 3 rings (SSSR count). The van der Waals surface area contributed by atoms with Crippen molar-refractivity contribution in [3.63, 3.8) is 0 Å². The molecule has 0 unspecified atom stereocenters. The molecule has 1 aliphatic rings. The minimum atomic E-state index is -0.487. The highest BCUT2D eigenvalue weighted by Crippen LogP contribution is 2.31. The van der Waals surface area contributed by atoms with Crippen molar-refractivity contribution < 1.29 is 13.3 Å². The second-order valence-electron chi connectivity index (χ2n) is 5.90. The van der Waals surface area contributed by atoms with Crippen LogP contribution in [-0.4, -0.2) is 16.6 Å². The molecule has 118 valence electrons. The maximum absolute atomic E-state index is 13.9. The fourth-order valence-electron chi connectivity index (χ4n) is 3.12. The van der Waals surface area contributed by atoms with Crippen molar-refractivity contribution >= 4 is 0 Å². The first-order valence-electron chi connectivity index (χ1n) is 7.75. The average Bonchev–Trinajstić information content (AvgIpc) is 2.79. The molecule has 0 radical (unpaired) electrons. The summed E-state index contributed by atoms with van der Waals surface area (Å²) in [4.78, 5) is 2.12. The van der Waals surface area contributed by atoms with E-state index < -0.39 is 11.6 Å². The third-order valence-electron chi connectivity index (χ3n) is 4.27. The number of hydrogen-bond acceptors (Lipinski definition) is 3. The van der Waals surface area contributed by atoms with Gasteiger partial charge < -0.3 is 4.52 Å². The van der Waals surface area contributed by atoms with E-state index in [2.05, 4.69) is 10.1 Å². The summed E-state index contributed by atoms with van der Waals surface area (Å²) in [6.45, 7) is 2.92. The lowest BCUT2D eigenvalue weighted by molar-refractivity contribution is 0.179.